The van der Waals surface area contributed by atoms with Gasteiger partial charge in [-0.25, -0.2) is 4.98 Å². The molecule has 0 amide bonds. The van der Waals surface area contributed by atoms with Gasteiger partial charge in [0, 0.05) is 18.0 Å². The smallest absolute Gasteiger partial charge is 0.261 e. The van der Waals surface area contributed by atoms with E-state index in [0.717, 1.165) is 19.3 Å². The zero-order chi connectivity index (χ0) is 12.4. The van der Waals surface area contributed by atoms with Gasteiger partial charge in [0.1, 0.15) is 0 Å². The minimum Gasteiger partial charge on any atom is -0.504 e. The molecule has 0 bridgehead atoms. The second-order valence-corrected chi connectivity index (χ2v) is 5.06. The van der Waals surface area contributed by atoms with Gasteiger partial charge in [0.05, 0.1) is 3.57 Å². The monoisotopic (exact) mass is 344 g/mol. The quantitative estimate of drug-likeness (QED) is 0.870. The zero-order valence-electron chi connectivity index (χ0n) is 9.48. The van der Waals surface area contributed by atoms with Gasteiger partial charge in [-0.05, 0) is 41.5 Å². The van der Waals surface area contributed by atoms with Crippen LogP contribution in [0.15, 0.2) is 23.3 Å². The Morgan fingerprint density at radius 1 is 1.53 bits per heavy atom. The minimum atomic E-state index is -0.0878. The predicted octanol–water partition coefficient (Wildman–Crippen LogP) is 2.35. The van der Waals surface area contributed by atoms with Crippen LogP contribution >= 0.6 is 22.6 Å². The number of aromatic hydroxyl groups is 1. The number of pyridine rings is 1. The van der Waals surface area contributed by atoms with Gasteiger partial charge in [0.25, 0.3) is 5.56 Å². The average molecular weight is 344 g/mol. The Bertz CT molecular complexity index is 607. The molecule has 0 atom stereocenters. The summed E-state index contributed by atoms with van der Waals surface area (Å²) in [6.45, 7) is 2.08. The van der Waals surface area contributed by atoms with E-state index in [0.29, 0.717) is 14.8 Å². The van der Waals surface area contributed by atoms with E-state index in [-0.39, 0.29) is 11.3 Å². The van der Waals surface area contributed by atoms with Gasteiger partial charge in [-0.3, -0.25) is 9.20 Å². The number of nitrogens with zero attached hydrogens (tertiary/aromatic N) is 2. The summed E-state index contributed by atoms with van der Waals surface area (Å²) in [6, 6.07) is 1.70. The van der Waals surface area contributed by atoms with Crippen molar-refractivity contribution in [3.8, 4) is 5.75 Å². The molecule has 0 spiro atoms. The normalized spacial score (nSPS) is 10.9. The molecule has 2 rings (SSSR count). The van der Waals surface area contributed by atoms with E-state index in [1.807, 2.05) is 22.6 Å². The van der Waals surface area contributed by atoms with Crippen LogP contribution in [-0.2, 0) is 6.42 Å². The first-order chi connectivity index (χ1) is 8.15. The molecule has 17 heavy (non-hydrogen) atoms. The van der Waals surface area contributed by atoms with Crippen LogP contribution in [0.5, 0.6) is 5.75 Å². The maximum Gasteiger partial charge on any atom is 0.261 e. The minimum absolute atomic E-state index is 0.0623. The third-order valence-electron chi connectivity index (χ3n) is 2.67. The highest BCUT2D eigenvalue weighted by molar-refractivity contribution is 14.1. The fourth-order valence-electron chi connectivity index (χ4n) is 1.69. The number of aromatic nitrogens is 2. The number of halogens is 1. The van der Waals surface area contributed by atoms with E-state index < -0.39 is 0 Å². The Kier molecular flexibility index (Phi) is 3.66. The van der Waals surface area contributed by atoms with Crippen molar-refractivity contribution in [2.45, 2.75) is 26.2 Å². The summed E-state index contributed by atoms with van der Waals surface area (Å²) < 4.78 is 2.10. The van der Waals surface area contributed by atoms with Crippen molar-refractivity contribution in [2.24, 2.45) is 0 Å². The van der Waals surface area contributed by atoms with Gasteiger partial charge in [-0.15, -0.1) is 0 Å². The summed E-state index contributed by atoms with van der Waals surface area (Å²) in [5, 5.41) is 9.82. The average Bonchev–Trinajstić information content (AvgIpc) is 2.33. The second-order valence-electron chi connectivity index (χ2n) is 3.90. The number of hydrogen-bond acceptors (Lipinski definition) is 3. The van der Waals surface area contributed by atoms with E-state index in [2.05, 4.69) is 11.9 Å². The first-order valence-corrected chi connectivity index (χ1v) is 6.60. The molecular weight excluding hydrogens is 331 g/mol. The molecule has 2 aromatic rings. The highest BCUT2D eigenvalue weighted by Gasteiger charge is 2.09. The SMILES string of the molecule is CCCCc1cnc2c(O)c(I)ccn2c1=O. The molecule has 5 heteroatoms. The van der Waals surface area contributed by atoms with Crippen molar-refractivity contribution in [3.63, 3.8) is 0 Å². The van der Waals surface area contributed by atoms with Crippen molar-refractivity contribution in [1.82, 2.24) is 9.38 Å². The first kappa shape index (κ1) is 12.3. The lowest BCUT2D eigenvalue weighted by Crippen LogP contribution is -2.19. The topological polar surface area (TPSA) is 54.6 Å². The molecule has 2 aromatic heterocycles. The Labute approximate surface area is 112 Å². The van der Waals surface area contributed by atoms with Crippen LogP contribution in [0, 0.1) is 3.57 Å². The summed E-state index contributed by atoms with van der Waals surface area (Å²) in [4.78, 5) is 16.3. The molecule has 0 aromatic carbocycles. The maximum absolute atomic E-state index is 12.1. The number of rotatable bonds is 3. The van der Waals surface area contributed by atoms with Crippen LogP contribution in [0.3, 0.4) is 0 Å². The van der Waals surface area contributed by atoms with Crippen LogP contribution in [0.1, 0.15) is 25.3 Å². The van der Waals surface area contributed by atoms with Gasteiger partial charge in [0.2, 0.25) is 0 Å². The number of hydrogen-bond donors (Lipinski definition) is 1. The number of fused-ring (bicyclic) bond motifs is 1. The van der Waals surface area contributed by atoms with Gasteiger partial charge in [0.15, 0.2) is 11.4 Å². The van der Waals surface area contributed by atoms with E-state index in [9.17, 15) is 9.90 Å². The summed E-state index contributed by atoms with van der Waals surface area (Å²) in [5.41, 5.74) is 0.933. The van der Waals surface area contributed by atoms with Gasteiger partial charge in [-0.1, -0.05) is 13.3 Å². The van der Waals surface area contributed by atoms with Crippen LogP contribution in [-0.4, -0.2) is 14.5 Å². The van der Waals surface area contributed by atoms with Crippen molar-refractivity contribution in [1.29, 1.82) is 0 Å². The molecule has 1 N–H and O–H groups in total. The third-order valence-corrected chi connectivity index (χ3v) is 3.54. The Balaban J connectivity index is 2.61. The lowest BCUT2D eigenvalue weighted by Gasteiger charge is -2.06. The molecule has 0 fully saturated rings. The van der Waals surface area contributed by atoms with Gasteiger partial charge >= 0.3 is 0 Å². The molecule has 0 aliphatic heterocycles. The van der Waals surface area contributed by atoms with E-state index in [4.69, 9.17) is 0 Å². The van der Waals surface area contributed by atoms with Crippen molar-refractivity contribution >= 4 is 28.2 Å². The van der Waals surface area contributed by atoms with Gasteiger partial charge < -0.3 is 5.11 Å². The highest BCUT2D eigenvalue weighted by Crippen LogP contribution is 2.22. The van der Waals surface area contributed by atoms with Crippen LogP contribution in [0.2, 0.25) is 0 Å². The van der Waals surface area contributed by atoms with Crippen LogP contribution in [0.4, 0.5) is 0 Å². The van der Waals surface area contributed by atoms with Crippen molar-refractivity contribution in [3.05, 3.63) is 37.9 Å². The largest absolute Gasteiger partial charge is 0.504 e. The highest BCUT2D eigenvalue weighted by atomic mass is 127. The predicted molar refractivity (Wildman–Crippen MR) is 74.5 cm³/mol. The molecule has 0 aliphatic carbocycles. The van der Waals surface area contributed by atoms with Crippen molar-refractivity contribution < 1.29 is 5.11 Å². The zero-order valence-corrected chi connectivity index (χ0v) is 11.6. The summed E-state index contributed by atoms with van der Waals surface area (Å²) in [7, 11) is 0. The Morgan fingerprint density at radius 3 is 3.00 bits per heavy atom. The number of aryl methyl sites for hydroxylation is 1. The fraction of sp³-hybridized carbons (Fsp3) is 0.333. The lowest BCUT2D eigenvalue weighted by molar-refractivity contribution is 0.472. The number of unbranched alkanes of at least 4 members (excludes halogenated alkanes) is 1. The standard InChI is InChI=1S/C12H13IN2O2/c1-2-3-4-8-7-14-11-10(16)9(13)5-6-15(11)12(8)17/h5-7,16H,2-4H2,1H3. The molecule has 4 nitrogen and oxygen atoms in total. The molecule has 0 saturated heterocycles. The molecule has 0 saturated carbocycles. The van der Waals surface area contributed by atoms with Crippen LogP contribution < -0.4 is 5.56 Å². The Hall–Kier alpha value is -1.11. The molecular formula is C12H13IN2O2. The van der Waals surface area contributed by atoms with E-state index in [1.54, 1.807) is 18.5 Å². The molecule has 0 radical (unpaired) electrons. The summed E-state index contributed by atoms with van der Waals surface area (Å²) in [5.74, 6) is 0.0623. The second kappa shape index (κ2) is 5.03. The van der Waals surface area contributed by atoms with Gasteiger partial charge in [-0.2, -0.15) is 0 Å². The maximum atomic E-state index is 12.1. The van der Waals surface area contributed by atoms with Crippen molar-refractivity contribution in [2.75, 3.05) is 0 Å². The molecule has 0 aliphatic rings. The fourth-order valence-corrected chi connectivity index (χ4v) is 2.09. The summed E-state index contributed by atoms with van der Waals surface area (Å²) in [6.07, 6.45) is 5.97. The molecule has 0 unspecified atom stereocenters. The van der Waals surface area contributed by atoms with Crippen LogP contribution in [0.25, 0.3) is 5.65 Å². The van der Waals surface area contributed by atoms with E-state index >= 15 is 0 Å². The molecule has 2 heterocycles. The van der Waals surface area contributed by atoms with E-state index in [1.165, 1.54) is 4.40 Å². The Morgan fingerprint density at radius 2 is 2.29 bits per heavy atom. The molecule has 90 valence electrons. The lowest BCUT2D eigenvalue weighted by atomic mass is 10.1. The third kappa shape index (κ3) is 2.29. The summed E-state index contributed by atoms with van der Waals surface area (Å²) >= 11 is 2.01. The first-order valence-electron chi connectivity index (χ1n) is 5.53.